The molecule has 1 aromatic rings. The van der Waals surface area contributed by atoms with E-state index in [-0.39, 0.29) is 12.4 Å². The summed E-state index contributed by atoms with van der Waals surface area (Å²) in [6.07, 6.45) is 2.04. The van der Waals surface area contributed by atoms with Crippen LogP contribution in [0.3, 0.4) is 0 Å². The first-order valence-corrected chi connectivity index (χ1v) is 8.79. The lowest BCUT2D eigenvalue weighted by Gasteiger charge is -2.05. The molecule has 5 nitrogen and oxygen atoms in total. The largest absolute Gasteiger partial charge is 0.394 e. The van der Waals surface area contributed by atoms with Gasteiger partial charge in [0.1, 0.15) is 12.4 Å². The van der Waals surface area contributed by atoms with Crippen LogP contribution in [0.15, 0.2) is 40.4 Å². The molecule has 2 N–H and O–H groups in total. The second-order valence-electron chi connectivity index (χ2n) is 5.33. The van der Waals surface area contributed by atoms with Gasteiger partial charge >= 0.3 is 0 Å². The maximum atomic E-state index is 12.0. The second kappa shape index (κ2) is 8.67. The molecule has 0 aliphatic rings. The molecule has 0 heterocycles. The third kappa shape index (κ3) is 7.13. The Kier molecular flexibility index (Phi) is 7.22. The second-order valence-corrected chi connectivity index (χ2v) is 7.44. The minimum Gasteiger partial charge on any atom is -0.394 e. The van der Waals surface area contributed by atoms with Crippen molar-refractivity contribution in [2.75, 3.05) is 12.4 Å². The molecule has 0 aliphatic heterocycles. The highest BCUT2D eigenvalue weighted by atomic mass is 32.2. The van der Waals surface area contributed by atoms with E-state index in [9.17, 15) is 8.42 Å². The standard InChI is InChI=1S/C15H24N2O3S/c1-13(2)9-10-15(16)17-20-11-6-12-21(18,19)14-7-4-3-5-8-14/h3-5,7-8,13H,6,9-12H2,1-2H3,(H2,16,17). The van der Waals surface area contributed by atoms with E-state index in [0.29, 0.717) is 29.5 Å². The number of oxime groups is 1. The van der Waals surface area contributed by atoms with Crippen molar-refractivity contribution in [1.82, 2.24) is 0 Å². The average Bonchev–Trinajstić information content (AvgIpc) is 2.45. The Morgan fingerprint density at radius 1 is 1.29 bits per heavy atom. The fourth-order valence-corrected chi connectivity index (χ4v) is 2.98. The number of nitrogens with zero attached hydrogens (tertiary/aromatic N) is 1. The number of benzene rings is 1. The lowest BCUT2D eigenvalue weighted by Crippen LogP contribution is -2.14. The van der Waals surface area contributed by atoms with Gasteiger partial charge in [-0.1, -0.05) is 37.2 Å². The molecule has 0 spiro atoms. The topological polar surface area (TPSA) is 81.8 Å². The van der Waals surface area contributed by atoms with Gasteiger partial charge in [-0.3, -0.25) is 0 Å². The summed E-state index contributed by atoms with van der Waals surface area (Å²) in [5.74, 6) is 1.06. The quantitative estimate of drug-likeness (QED) is 0.329. The van der Waals surface area contributed by atoms with Gasteiger partial charge in [-0.05, 0) is 30.9 Å². The van der Waals surface area contributed by atoms with Crippen molar-refractivity contribution in [3.8, 4) is 0 Å². The summed E-state index contributed by atoms with van der Waals surface area (Å²) >= 11 is 0. The SMILES string of the molecule is CC(C)CC/C(N)=N/OCCCS(=O)(=O)c1ccccc1. The zero-order chi connectivity index (χ0) is 15.7. The molecule has 0 unspecified atom stereocenters. The van der Waals surface area contributed by atoms with Crippen LogP contribution in [-0.2, 0) is 14.7 Å². The molecular weight excluding hydrogens is 288 g/mol. The Balaban J connectivity index is 2.30. The highest BCUT2D eigenvalue weighted by Crippen LogP contribution is 2.11. The zero-order valence-electron chi connectivity index (χ0n) is 12.7. The first-order chi connectivity index (χ1) is 9.92. The summed E-state index contributed by atoms with van der Waals surface area (Å²) in [6.45, 7) is 4.47. The van der Waals surface area contributed by atoms with Crippen molar-refractivity contribution in [3.05, 3.63) is 30.3 Å². The third-order valence-corrected chi connectivity index (χ3v) is 4.73. The molecule has 0 saturated carbocycles. The predicted octanol–water partition coefficient (Wildman–Crippen LogP) is 2.58. The molecule has 118 valence electrons. The first kappa shape index (κ1) is 17.5. The van der Waals surface area contributed by atoms with E-state index in [2.05, 4.69) is 19.0 Å². The highest BCUT2D eigenvalue weighted by molar-refractivity contribution is 7.91. The zero-order valence-corrected chi connectivity index (χ0v) is 13.5. The van der Waals surface area contributed by atoms with Gasteiger partial charge in [0.25, 0.3) is 0 Å². The van der Waals surface area contributed by atoms with Gasteiger partial charge in [0.15, 0.2) is 9.84 Å². The fourth-order valence-electron chi connectivity index (χ4n) is 1.67. The van der Waals surface area contributed by atoms with Crippen molar-refractivity contribution < 1.29 is 13.3 Å². The summed E-state index contributed by atoms with van der Waals surface area (Å²) in [4.78, 5) is 5.40. The Bertz CT molecular complexity index is 539. The molecule has 0 atom stereocenters. The van der Waals surface area contributed by atoms with E-state index in [1.165, 1.54) is 0 Å². The normalized spacial score (nSPS) is 12.6. The number of hydrogen-bond acceptors (Lipinski definition) is 4. The lowest BCUT2D eigenvalue weighted by molar-refractivity contribution is 0.144. The van der Waals surface area contributed by atoms with Gasteiger partial charge < -0.3 is 10.6 Å². The summed E-state index contributed by atoms with van der Waals surface area (Å²) in [5, 5.41) is 3.79. The van der Waals surface area contributed by atoms with Crippen LogP contribution < -0.4 is 5.73 Å². The van der Waals surface area contributed by atoms with E-state index >= 15 is 0 Å². The maximum absolute atomic E-state index is 12.0. The monoisotopic (exact) mass is 312 g/mol. The third-order valence-electron chi connectivity index (χ3n) is 2.91. The molecule has 0 amide bonds. The minimum atomic E-state index is -3.24. The molecule has 0 fully saturated rings. The first-order valence-electron chi connectivity index (χ1n) is 7.14. The summed E-state index contributed by atoms with van der Waals surface area (Å²) in [7, 11) is -3.24. The van der Waals surface area contributed by atoms with Crippen LogP contribution >= 0.6 is 0 Å². The van der Waals surface area contributed by atoms with Crippen molar-refractivity contribution in [3.63, 3.8) is 0 Å². The van der Waals surface area contributed by atoms with E-state index in [1.54, 1.807) is 30.3 Å². The van der Waals surface area contributed by atoms with Gasteiger partial charge in [-0.25, -0.2) is 8.42 Å². The van der Waals surface area contributed by atoms with Gasteiger partial charge in [-0.15, -0.1) is 0 Å². The highest BCUT2D eigenvalue weighted by Gasteiger charge is 2.13. The average molecular weight is 312 g/mol. The molecule has 1 rings (SSSR count). The molecule has 0 saturated heterocycles. The van der Waals surface area contributed by atoms with Gasteiger partial charge in [0, 0.05) is 6.42 Å². The lowest BCUT2D eigenvalue weighted by atomic mass is 10.1. The van der Waals surface area contributed by atoms with Gasteiger partial charge in [-0.2, -0.15) is 0 Å². The maximum Gasteiger partial charge on any atom is 0.178 e. The Morgan fingerprint density at radius 2 is 1.95 bits per heavy atom. The summed E-state index contributed by atoms with van der Waals surface area (Å²) < 4.78 is 24.0. The van der Waals surface area contributed by atoms with E-state index in [1.807, 2.05) is 0 Å². The van der Waals surface area contributed by atoms with Crippen LogP contribution in [0.2, 0.25) is 0 Å². The molecule has 1 aromatic carbocycles. The Labute approximate surface area is 127 Å². The van der Waals surface area contributed by atoms with Crippen molar-refractivity contribution in [2.45, 2.75) is 38.0 Å². The fraction of sp³-hybridized carbons (Fsp3) is 0.533. The van der Waals surface area contributed by atoms with Crippen molar-refractivity contribution in [2.24, 2.45) is 16.8 Å². The van der Waals surface area contributed by atoms with Crippen LogP contribution in [-0.4, -0.2) is 26.6 Å². The van der Waals surface area contributed by atoms with Crippen LogP contribution in [0.4, 0.5) is 0 Å². The minimum absolute atomic E-state index is 0.0401. The number of amidine groups is 1. The van der Waals surface area contributed by atoms with Crippen molar-refractivity contribution in [1.29, 1.82) is 0 Å². The van der Waals surface area contributed by atoms with Gasteiger partial charge in [0.05, 0.1) is 10.6 Å². The Hall–Kier alpha value is -1.56. The van der Waals surface area contributed by atoms with E-state index in [4.69, 9.17) is 10.6 Å². The number of hydrogen-bond donors (Lipinski definition) is 1. The number of rotatable bonds is 9. The summed E-state index contributed by atoms with van der Waals surface area (Å²) in [5.41, 5.74) is 5.69. The van der Waals surface area contributed by atoms with E-state index < -0.39 is 9.84 Å². The Morgan fingerprint density at radius 3 is 2.57 bits per heavy atom. The van der Waals surface area contributed by atoms with Crippen LogP contribution in [0.5, 0.6) is 0 Å². The number of nitrogens with two attached hydrogens (primary N) is 1. The summed E-state index contributed by atoms with van der Waals surface area (Å²) in [6, 6.07) is 8.40. The van der Waals surface area contributed by atoms with Crippen LogP contribution in [0.1, 0.15) is 33.1 Å². The molecule has 0 aliphatic carbocycles. The molecule has 0 aromatic heterocycles. The molecular formula is C15H24N2O3S. The van der Waals surface area contributed by atoms with E-state index in [0.717, 1.165) is 6.42 Å². The van der Waals surface area contributed by atoms with Gasteiger partial charge in [0.2, 0.25) is 0 Å². The molecule has 6 heteroatoms. The number of sulfone groups is 1. The van der Waals surface area contributed by atoms with Crippen LogP contribution in [0.25, 0.3) is 0 Å². The van der Waals surface area contributed by atoms with Crippen molar-refractivity contribution >= 4 is 15.7 Å². The smallest absolute Gasteiger partial charge is 0.178 e. The molecule has 0 radical (unpaired) electrons. The van der Waals surface area contributed by atoms with Crippen LogP contribution in [0, 0.1) is 5.92 Å². The molecule has 0 bridgehead atoms. The molecule has 21 heavy (non-hydrogen) atoms. The predicted molar refractivity (Wildman–Crippen MR) is 84.8 cm³/mol.